The van der Waals surface area contributed by atoms with Crippen molar-refractivity contribution in [2.45, 2.75) is 0 Å². The van der Waals surface area contributed by atoms with Crippen molar-refractivity contribution in [3.8, 4) is 33.4 Å². The molecular formula is C50H30O. The third-order valence-corrected chi connectivity index (χ3v) is 11.0. The fourth-order valence-corrected chi connectivity index (χ4v) is 8.68. The average Bonchev–Trinajstić information content (AvgIpc) is 3.58. The molecule has 236 valence electrons. The van der Waals surface area contributed by atoms with Gasteiger partial charge in [-0.3, -0.25) is 0 Å². The first kappa shape index (κ1) is 28.2. The molecule has 0 radical (unpaired) electrons. The van der Waals surface area contributed by atoms with Gasteiger partial charge in [0.25, 0.3) is 0 Å². The molecule has 1 nitrogen and oxygen atoms in total. The first-order valence-corrected chi connectivity index (χ1v) is 17.5. The van der Waals surface area contributed by atoms with Gasteiger partial charge in [0.15, 0.2) is 0 Å². The van der Waals surface area contributed by atoms with Crippen molar-refractivity contribution in [2.75, 3.05) is 0 Å². The number of hydrogen-bond donors (Lipinski definition) is 0. The smallest absolute Gasteiger partial charge is 0.136 e. The Morgan fingerprint density at radius 1 is 0.353 bits per heavy atom. The maximum absolute atomic E-state index is 6.48. The summed E-state index contributed by atoms with van der Waals surface area (Å²) in [5.74, 6) is 0. The third kappa shape index (κ3) is 4.03. The number of furan rings is 1. The highest BCUT2D eigenvalue weighted by atomic mass is 16.3. The molecule has 0 aliphatic heterocycles. The molecule has 51 heavy (non-hydrogen) atoms. The van der Waals surface area contributed by atoms with E-state index in [1.807, 2.05) is 6.08 Å². The summed E-state index contributed by atoms with van der Waals surface area (Å²) in [5.41, 5.74) is 10.2. The zero-order valence-electron chi connectivity index (χ0n) is 27.8. The Labute approximate surface area is 294 Å². The van der Waals surface area contributed by atoms with Gasteiger partial charge in [-0.25, -0.2) is 0 Å². The van der Waals surface area contributed by atoms with Crippen LogP contribution in [0.3, 0.4) is 0 Å². The van der Waals surface area contributed by atoms with E-state index in [0.717, 1.165) is 27.5 Å². The van der Waals surface area contributed by atoms with E-state index in [-0.39, 0.29) is 0 Å². The molecule has 0 saturated carbocycles. The lowest BCUT2D eigenvalue weighted by Crippen LogP contribution is -1.91. The van der Waals surface area contributed by atoms with Crippen molar-refractivity contribution in [1.82, 2.24) is 0 Å². The molecule has 0 spiro atoms. The van der Waals surface area contributed by atoms with Gasteiger partial charge in [0.05, 0.1) is 0 Å². The van der Waals surface area contributed by atoms with Gasteiger partial charge in [-0.2, -0.15) is 0 Å². The normalized spacial score (nSPS) is 12.0. The molecule has 10 aromatic carbocycles. The second-order valence-electron chi connectivity index (χ2n) is 13.6. The molecule has 0 amide bonds. The summed E-state index contributed by atoms with van der Waals surface area (Å²) in [7, 11) is 0. The molecule has 0 aliphatic carbocycles. The van der Waals surface area contributed by atoms with Crippen LogP contribution in [0, 0.1) is 0 Å². The predicted octanol–water partition coefficient (Wildman–Crippen LogP) is 14.4. The highest BCUT2D eigenvalue weighted by Gasteiger charge is 2.20. The number of benzene rings is 10. The quantitative estimate of drug-likeness (QED) is 0.137. The molecule has 0 fully saturated rings. The summed E-state index contributed by atoms with van der Waals surface area (Å²) in [5, 5.41) is 15.1. The largest absolute Gasteiger partial charge is 0.456 e. The van der Waals surface area contributed by atoms with Crippen LogP contribution in [0.5, 0.6) is 0 Å². The van der Waals surface area contributed by atoms with Gasteiger partial charge in [0.2, 0.25) is 0 Å². The van der Waals surface area contributed by atoms with E-state index in [1.165, 1.54) is 87.2 Å². The van der Waals surface area contributed by atoms with E-state index in [0.29, 0.717) is 0 Å². The first-order valence-electron chi connectivity index (χ1n) is 17.5. The summed E-state index contributed by atoms with van der Waals surface area (Å²) in [4.78, 5) is 0. The highest BCUT2D eigenvalue weighted by molar-refractivity contribution is 6.36. The average molecular weight is 647 g/mol. The SMILES string of the molecule is C=Cc1ccc(-c2ccc3oc4cccc(-c5ccc6c7ccc(-c8cccc9ccccc89)c8cccc(c9cccc5c96)c87)c4c3c2)cc1. The van der Waals surface area contributed by atoms with E-state index in [9.17, 15) is 0 Å². The Morgan fingerprint density at radius 3 is 1.65 bits per heavy atom. The second-order valence-corrected chi connectivity index (χ2v) is 13.6. The van der Waals surface area contributed by atoms with Crippen LogP contribution >= 0.6 is 0 Å². The van der Waals surface area contributed by atoms with E-state index < -0.39 is 0 Å². The lowest BCUT2D eigenvalue weighted by molar-refractivity contribution is 0.669. The van der Waals surface area contributed by atoms with E-state index in [4.69, 9.17) is 4.42 Å². The van der Waals surface area contributed by atoms with Crippen molar-refractivity contribution in [2.24, 2.45) is 0 Å². The van der Waals surface area contributed by atoms with Crippen LogP contribution in [0.2, 0.25) is 0 Å². The molecule has 0 atom stereocenters. The number of hydrogen-bond acceptors (Lipinski definition) is 1. The second kappa shape index (κ2) is 10.6. The minimum Gasteiger partial charge on any atom is -0.456 e. The molecular weight excluding hydrogens is 617 g/mol. The Hall–Kier alpha value is -6.70. The molecule has 0 N–H and O–H groups in total. The van der Waals surface area contributed by atoms with Gasteiger partial charge in [0.1, 0.15) is 11.2 Å². The van der Waals surface area contributed by atoms with Crippen LogP contribution in [0.4, 0.5) is 0 Å². The first-order chi connectivity index (χ1) is 25.2. The molecule has 1 heteroatoms. The lowest BCUT2D eigenvalue weighted by Gasteiger charge is -2.19. The Balaban J connectivity index is 1.17. The van der Waals surface area contributed by atoms with Crippen LogP contribution in [-0.4, -0.2) is 0 Å². The van der Waals surface area contributed by atoms with Crippen LogP contribution in [0.25, 0.3) is 115 Å². The van der Waals surface area contributed by atoms with Crippen molar-refractivity contribution < 1.29 is 4.42 Å². The fraction of sp³-hybridized carbons (Fsp3) is 0. The van der Waals surface area contributed by atoms with Gasteiger partial charge in [0, 0.05) is 10.8 Å². The van der Waals surface area contributed by atoms with E-state index >= 15 is 0 Å². The summed E-state index contributed by atoms with van der Waals surface area (Å²) < 4.78 is 6.48. The Morgan fingerprint density at radius 2 is 0.902 bits per heavy atom. The molecule has 0 aliphatic rings. The van der Waals surface area contributed by atoms with Gasteiger partial charge in [-0.15, -0.1) is 0 Å². The standard InChI is InChI=1S/C50H30O/c1-2-30-19-21-31(22-20-30)33-23-28-46-45(29-33)50-40(17-8-18-47(50)51-46)37-25-27-44-43-26-24-36(35-12-5-10-32-9-3-4-11-34(32)35)38-13-6-15-41(48(38)43)42-16-7-14-39(37)49(42)44/h2-29H,1H2. The molecule has 0 unspecified atom stereocenters. The number of rotatable bonds is 4. The van der Waals surface area contributed by atoms with Crippen molar-refractivity contribution in [3.63, 3.8) is 0 Å². The highest BCUT2D eigenvalue weighted by Crippen LogP contribution is 2.47. The Bertz CT molecular complexity index is 3170. The topological polar surface area (TPSA) is 13.1 Å². The van der Waals surface area contributed by atoms with Gasteiger partial charge in [-0.1, -0.05) is 158 Å². The Kier molecular flexibility index (Phi) is 5.88. The summed E-state index contributed by atoms with van der Waals surface area (Å²) >= 11 is 0. The zero-order valence-corrected chi connectivity index (χ0v) is 27.8. The molecule has 0 saturated heterocycles. The van der Waals surface area contributed by atoms with Gasteiger partial charge >= 0.3 is 0 Å². The molecule has 11 aromatic rings. The summed E-state index contributed by atoms with van der Waals surface area (Å²) in [6.07, 6.45) is 1.88. The van der Waals surface area contributed by atoms with Gasteiger partial charge < -0.3 is 4.42 Å². The minimum absolute atomic E-state index is 0.897. The fourth-order valence-electron chi connectivity index (χ4n) is 8.68. The van der Waals surface area contributed by atoms with Gasteiger partial charge in [-0.05, 0) is 111 Å². The molecule has 1 heterocycles. The van der Waals surface area contributed by atoms with Crippen LogP contribution in [-0.2, 0) is 0 Å². The zero-order chi connectivity index (χ0) is 33.6. The van der Waals surface area contributed by atoms with E-state index in [2.05, 4.69) is 170 Å². The summed E-state index contributed by atoms with van der Waals surface area (Å²) in [6, 6.07) is 59.9. The molecule has 11 rings (SSSR count). The van der Waals surface area contributed by atoms with Crippen LogP contribution < -0.4 is 0 Å². The minimum atomic E-state index is 0.897. The van der Waals surface area contributed by atoms with Crippen molar-refractivity contribution in [1.29, 1.82) is 0 Å². The molecule has 0 bridgehead atoms. The number of fused-ring (bicyclic) bond motifs is 6. The lowest BCUT2D eigenvalue weighted by atomic mass is 9.84. The van der Waals surface area contributed by atoms with Crippen LogP contribution in [0.15, 0.2) is 175 Å². The predicted molar refractivity (Wildman–Crippen MR) is 219 cm³/mol. The summed E-state index contributed by atoms with van der Waals surface area (Å²) in [6.45, 7) is 3.91. The van der Waals surface area contributed by atoms with Crippen molar-refractivity contribution in [3.05, 3.63) is 176 Å². The third-order valence-electron chi connectivity index (χ3n) is 11.0. The maximum Gasteiger partial charge on any atom is 0.136 e. The monoisotopic (exact) mass is 646 g/mol. The molecule has 1 aromatic heterocycles. The van der Waals surface area contributed by atoms with E-state index in [1.54, 1.807) is 0 Å². The van der Waals surface area contributed by atoms with Crippen LogP contribution in [0.1, 0.15) is 5.56 Å². The maximum atomic E-state index is 6.48. The van der Waals surface area contributed by atoms with Crippen molar-refractivity contribution >= 4 is 81.9 Å².